The molecule has 1 fully saturated rings. The second kappa shape index (κ2) is 7.06. The molecule has 1 amide bonds. The summed E-state index contributed by atoms with van der Waals surface area (Å²) < 4.78 is 0. The predicted molar refractivity (Wildman–Crippen MR) is 80.3 cm³/mol. The van der Waals surface area contributed by atoms with E-state index in [1.165, 1.54) is 17.7 Å². The summed E-state index contributed by atoms with van der Waals surface area (Å²) in [6.45, 7) is 4.11. The van der Waals surface area contributed by atoms with Crippen LogP contribution in [0.15, 0.2) is 17.5 Å². The molecule has 1 aromatic rings. The van der Waals surface area contributed by atoms with Crippen LogP contribution in [0.4, 0.5) is 0 Å². The van der Waals surface area contributed by atoms with Crippen molar-refractivity contribution in [1.82, 2.24) is 10.6 Å². The van der Waals surface area contributed by atoms with Gasteiger partial charge in [-0.2, -0.15) is 0 Å². The topological polar surface area (TPSA) is 41.1 Å². The lowest BCUT2D eigenvalue weighted by atomic mass is 10.1. The van der Waals surface area contributed by atoms with Crippen molar-refractivity contribution in [2.45, 2.75) is 64.1 Å². The van der Waals surface area contributed by atoms with Crippen molar-refractivity contribution < 1.29 is 4.79 Å². The number of nitrogens with one attached hydrogen (secondary N) is 2. The summed E-state index contributed by atoms with van der Waals surface area (Å²) in [4.78, 5) is 13.5. The zero-order chi connectivity index (χ0) is 13.7. The van der Waals surface area contributed by atoms with Crippen LogP contribution in [0.1, 0.15) is 56.9 Å². The molecule has 1 saturated carbocycles. The molecule has 2 rings (SSSR count). The summed E-state index contributed by atoms with van der Waals surface area (Å²) in [5, 5.41) is 8.68. The third kappa shape index (κ3) is 4.05. The zero-order valence-electron chi connectivity index (χ0n) is 11.8. The van der Waals surface area contributed by atoms with Crippen LogP contribution in [0, 0.1) is 0 Å². The van der Waals surface area contributed by atoms with Gasteiger partial charge >= 0.3 is 0 Å². The SMILES string of the molecule is CCC(NC(C)C(=O)NC1CCCC1)c1cccs1. The number of amides is 1. The zero-order valence-corrected chi connectivity index (χ0v) is 12.6. The molecule has 0 bridgehead atoms. The fourth-order valence-electron chi connectivity index (χ4n) is 2.66. The molecule has 0 aromatic carbocycles. The Bertz CT molecular complexity index is 385. The number of hydrogen-bond donors (Lipinski definition) is 2. The van der Waals surface area contributed by atoms with Crippen LogP contribution in [-0.2, 0) is 4.79 Å². The fourth-order valence-corrected chi connectivity index (χ4v) is 3.53. The molecular formula is C15H24N2OS. The maximum Gasteiger partial charge on any atom is 0.237 e. The average Bonchev–Trinajstić information content (AvgIpc) is 3.08. The molecule has 2 atom stereocenters. The van der Waals surface area contributed by atoms with Crippen molar-refractivity contribution in [2.24, 2.45) is 0 Å². The van der Waals surface area contributed by atoms with E-state index in [4.69, 9.17) is 0 Å². The largest absolute Gasteiger partial charge is 0.352 e. The standard InChI is InChI=1S/C15H24N2OS/c1-3-13(14-9-6-10-19-14)16-11(2)15(18)17-12-7-4-5-8-12/h6,9-13,16H,3-5,7-8H2,1-2H3,(H,17,18). The first-order chi connectivity index (χ1) is 9.20. The van der Waals surface area contributed by atoms with E-state index in [1.54, 1.807) is 11.3 Å². The number of carbonyl (C=O) groups excluding carboxylic acids is 1. The molecule has 1 aromatic heterocycles. The lowest BCUT2D eigenvalue weighted by Crippen LogP contribution is -2.46. The van der Waals surface area contributed by atoms with Crippen molar-refractivity contribution in [1.29, 1.82) is 0 Å². The van der Waals surface area contributed by atoms with Crippen LogP contribution >= 0.6 is 11.3 Å². The Balaban J connectivity index is 1.84. The van der Waals surface area contributed by atoms with Gasteiger partial charge in [0.15, 0.2) is 0 Å². The van der Waals surface area contributed by atoms with Crippen LogP contribution in [0.25, 0.3) is 0 Å². The summed E-state index contributed by atoms with van der Waals surface area (Å²) >= 11 is 1.75. The van der Waals surface area contributed by atoms with Crippen LogP contribution in [0.3, 0.4) is 0 Å². The first kappa shape index (κ1) is 14.5. The van der Waals surface area contributed by atoms with Gasteiger partial charge in [0.1, 0.15) is 0 Å². The van der Waals surface area contributed by atoms with Crippen molar-refractivity contribution in [2.75, 3.05) is 0 Å². The predicted octanol–water partition coefficient (Wildman–Crippen LogP) is 3.24. The maximum absolute atomic E-state index is 12.1. The van der Waals surface area contributed by atoms with E-state index in [2.05, 4.69) is 35.1 Å². The van der Waals surface area contributed by atoms with Crippen LogP contribution in [0.5, 0.6) is 0 Å². The Morgan fingerprint density at radius 3 is 2.79 bits per heavy atom. The highest BCUT2D eigenvalue weighted by atomic mass is 32.1. The summed E-state index contributed by atoms with van der Waals surface area (Å²) in [7, 11) is 0. The molecule has 2 N–H and O–H groups in total. The highest BCUT2D eigenvalue weighted by Gasteiger charge is 2.22. The van der Waals surface area contributed by atoms with Gasteiger partial charge in [0, 0.05) is 17.0 Å². The van der Waals surface area contributed by atoms with Gasteiger partial charge in [-0.15, -0.1) is 11.3 Å². The van der Waals surface area contributed by atoms with Gasteiger partial charge in [0.05, 0.1) is 6.04 Å². The van der Waals surface area contributed by atoms with E-state index in [0.717, 1.165) is 19.3 Å². The van der Waals surface area contributed by atoms with Gasteiger partial charge < -0.3 is 5.32 Å². The van der Waals surface area contributed by atoms with E-state index in [0.29, 0.717) is 6.04 Å². The molecule has 3 nitrogen and oxygen atoms in total. The normalized spacial score (nSPS) is 19.3. The molecule has 0 aliphatic heterocycles. The molecular weight excluding hydrogens is 256 g/mol. The Kier molecular flexibility index (Phi) is 5.40. The summed E-state index contributed by atoms with van der Waals surface area (Å²) in [6.07, 6.45) is 5.78. The van der Waals surface area contributed by atoms with Crippen LogP contribution in [-0.4, -0.2) is 18.0 Å². The van der Waals surface area contributed by atoms with Crippen molar-refractivity contribution in [3.8, 4) is 0 Å². The van der Waals surface area contributed by atoms with E-state index in [9.17, 15) is 4.79 Å². The summed E-state index contributed by atoms with van der Waals surface area (Å²) in [5.41, 5.74) is 0. The molecule has 1 aliphatic rings. The van der Waals surface area contributed by atoms with Crippen LogP contribution in [0.2, 0.25) is 0 Å². The highest BCUT2D eigenvalue weighted by Crippen LogP contribution is 2.22. The van der Waals surface area contributed by atoms with Crippen molar-refractivity contribution >= 4 is 17.2 Å². The van der Waals surface area contributed by atoms with Gasteiger partial charge in [0.2, 0.25) is 5.91 Å². The maximum atomic E-state index is 12.1. The quantitative estimate of drug-likeness (QED) is 0.840. The fraction of sp³-hybridized carbons (Fsp3) is 0.667. The lowest BCUT2D eigenvalue weighted by molar-refractivity contribution is -0.123. The second-order valence-electron chi connectivity index (χ2n) is 5.35. The molecule has 0 spiro atoms. The van der Waals surface area contributed by atoms with Gasteiger partial charge in [-0.3, -0.25) is 10.1 Å². The molecule has 1 aliphatic carbocycles. The molecule has 4 heteroatoms. The highest BCUT2D eigenvalue weighted by molar-refractivity contribution is 7.10. The Hall–Kier alpha value is -0.870. The van der Waals surface area contributed by atoms with Gasteiger partial charge in [-0.1, -0.05) is 25.8 Å². The third-order valence-electron chi connectivity index (χ3n) is 3.84. The molecule has 0 radical (unpaired) electrons. The molecule has 0 saturated heterocycles. The minimum atomic E-state index is -0.132. The number of carbonyl (C=O) groups is 1. The Morgan fingerprint density at radius 2 is 2.21 bits per heavy atom. The summed E-state index contributed by atoms with van der Waals surface area (Å²) in [6, 6.07) is 4.75. The van der Waals surface area contributed by atoms with Gasteiger partial charge in [0.25, 0.3) is 0 Å². The molecule has 1 heterocycles. The number of rotatable bonds is 6. The number of thiophene rings is 1. The van der Waals surface area contributed by atoms with Gasteiger partial charge in [-0.25, -0.2) is 0 Å². The number of hydrogen-bond acceptors (Lipinski definition) is 3. The monoisotopic (exact) mass is 280 g/mol. The second-order valence-corrected chi connectivity index (χ2v) is 6.33. The van der Waals surface area contributed by atoms with Crippen molar-refractivity contribution in [3.63, 3.8) is 0 Å². The van der Waals surface area contributed by atoms with E-state index >= 15 is 0 Å². The van der Waals surface area contributed by atoms with E-state index < -0.39 is 0 Å². The smallest absolute Gasteiger partial charge is 0.237 e. The molecule has 2 unspecified atom stereocenters. The Morgan fingerprint density at radius 1 is 1.47 bits per heavy atom. The minimum Gasteiger partial charge on any atom is -0.352 e. The first-order valence-electron chi connectivity index (χ1n) is 7.30. The molecule has 106 valence electrons. The van der Waals surface area contributed by atoms with Gasteiger partial charge in [-0.05, 0) is 37.6 Å². The molecule has 19 heavy (non-hydrogen) atoms. The van der Waals surface area contributed by atoms with E-state index in [-0.39, 0.29) is 18.0 Å². The third-order valence-corrected chi connectivity index (χ3v) is 4.83. The minimum absolute atomic E-state index is 0.132. The first-order valence-corrected chi connectivity index (χ1v) is 8.18. The van der Waals surface area contributed by atoms with Crippen LogP contribution < -0.4 is 10.6 Å². The Labute approximate surface area is 119 Å². The van der Waals surface area contributed by atoms with Crippen molar-refractivity contribution in [3.05, 3.63) is 22.4 Å². The lowest BCUT2D eigenvalue weighted by Gasteiger charge is -2.22. The summed E-state index contributed by atoms with van der Waals surface area (Å²) in [5.74, 6) is 0.141. The average molecular weight is 280 g/mol. The van der Waals surface area contributed by atoms with E-state index in [1.807, 2.05) is 6.92 Å².